The normalized spacial score (nSPS) is 20.4. The minimum Gasteiger partial charge on any atom is -0.383 e. The number of primary sulfonamides is 1. The molecule has 1 heterocycles. The van der Waals surface area contributed by atoms with Gasteiger partial charge in [0.05, 0.1) is 5.69 Å². The first kappa shape index (κ1) is 12.7. The first-order chi connectivity index (χ1) is 8.07. The van der Waals surface area contributed by atoms with Crippen molar-refractivity contribution in [2.24, 2.45) is 5.14 Å². The van der Waals surface area contributed by atoms with Crippen LogP contribution in [0.1, 0.15) is 12.8 Å². The van der Waals surface area contributed by atoms with Crippen molar-refractivity contribution in [3.05, 3.63) is 24.3 Å². The lowest BCUT2D eigenvalue weighted by Gasteiger charge is -2.13. The minimum absolute atomic E-state index is 0.169. The number of nitrogens with one attached hydrogen (secondary N) is 1. The van der Waals surface area contributed by atoms with E-state index in [0.717, 1.165) is 6.54 Å². The Hall–Kier alpha value is -0.720. The summed E-state index contributed by atoms with van der Waals surface area (Å²) in [5.74, 6) is 1.20. The molecule has 4 nitrogen and oxygen atoms in total. The van der Waals surface area contributed by atoms with Crippen LogP contribution in [0.5, 0.6) is 0 Å². The van der Waals surface area contributed by atoms with Gasteiger partial charge in [0.25, 0.3) is 0 Å². The van der Waals surface area contributed by atoms with Crippen LogP contribution in [-0.2, 0) is 10.0 Å². The van der Waals surface area contributed by atoms with Crippen molar-refractivity contribution in [1.29, 1.82) is 0 Å². The Labute approximate surface area is 106 Å². The van der Waals surface area contributed by atoms with Gasteiger partial charge in [-0.2, -0.15) is 11.8 Å². The lowest BCUT2D eigenvalue weighted by atomic mass is 10.2. The van der Waals surface area contributed by atoms with Crippen LogP contribution in [0.15, 0.2) is 29.2 Å². The van der Waals surface area contributed by atoms with Gasteiger partial charge in [-0.1, -0.05) is 12.1 Å². The molecular formula is C11H16N2O2S2. The topological polar surface area (TPSA) is 72.2 Å². The molecule has 1 unspecified atom stereocenters. The molecule has 0 amide bonds. The Morgan fingerprint density at radius 1 is 1.41 bits per heavy atom. The number of para-hydroxylation sites is 1. The first-order valence-electron chi connectivity index (χ1n) is 5.54. The number of benzene rings is 1. The van der Waals surface area contributed by atoms with Crippen LogP contribution in [0, 0.1) is 0 Å². The summed E-state index contributed by atoms with van der Waals surface area (Å²) in [4.78, 5) is 0.169. The number of hydrogen-bond donors (Lipinski definition) is 2. The van der Waals surface area contributed by atoms with Crippen LogP contribution in [0.4, 0.5) is 5.69 Å². The third kappa shape index (κ3) is 3.37. The monoisotopic (exact) mass is 272 g/mol. The Morgan fingerprint density at radius 2 is 2.18 bits per heavy atom. The highest BCUT2D eigenvalue weighted by atomic mass is 32.2. The van der Waals surface area contributed by atoms with Gasteiger partial charge in [-0.15, -0.1) is 0 Å². The molecule has 17 heavy (non-hydrogen) atoms. The van der Waals surface area contributed by atoms with E-state index in [9.17, 15) is 8.42 Å². The number of thioether (sulfide) groups is 1. The maximum atomic E-state index is 11.4. The van der Waals surface area contributed by atoms with Crippen molar-refractivity contribution in [3.63, 3.8) is 0 Å². The first-order valence-corrected chi connectivity index (χ1v) is 8.14. The van der Waals surface area contributed by atoms with Gasteiger partial charge in [0.15, 0.2) is 0 Å². The molecule has 0 bridgehead atoms. The third-order valence-electron chi connectivity index (χ3n) is 2.74. The van der Waals surface area contributed by atoms with E-state index in [1.807, 2.05) is 11.8 Å². The molecule has 1 aromatic rings. The van der Waals surface area contributed by atoms with Crippen LogP contribution in [0.2, 0.25) is 0 Å². The molecule has 0 spiro atoms. The lowest BCUT2D eigenvalue weighted by Crippen LogP contribution is -2.18. The van der Waals surface area contributed by atoms with E-state index in [1.54, 1.807) is 18.2 Å². The average molecular weight is 272 g/mol. The Balaban J connectivity index is 2.09. The second kappa shape index (κ2) is 5.29. The number of nitrogens with two attached hydrogens (primary N) is 1. The lowest BCUT2D eigenvalue weighted by molar-refractivity contribution is 0.598. The number of sulfonamides is 1. The molecule has 94 valence electrons. The van der Waals surface area contributed by atoms with Gasteiger partial charge in [-0.25, -0.2) is 13.6 Å². The molecule has 1 saturated heterocycles. The van der Waals surface area contributed by atoms with Gasteiger partial charge in [0.1, 0.15) is 4.90 Å². The molecule has 1 aliphatic rings. The van der Waals surface area contributed by atoms with Crippen LogP contribution < -0.4 is 10.5 Å². The summed E-state index contributed by atoms with van der Waals surface area (Å²) in [5, 5.41) is 8.92. The van der Waals surface area contributed by atoms with Crippen LogP contribution in [0.25, 0.3) is 0 Å². The maximum Gasteiger partial charge on any atom is 0.240 e. The predicted molar refractivity (Wildman–Crippen MR) is 71.8 cm³/mol. The van der Waals surface area contributed by atoms with E-state index in [-0.39, 0.29) is 4.90 Å². The van der Waals surface area contributed by atoms with Gasteiger partial charge in [-0.3, -0.25) is 0 Å². The highest BCUT2D eigenvalue weighted by Gasteiger charge is 2.17. The van der Waals surface area contributed by atoms with Gasteiger partial charge in [0, 0.05) is 11.8 Å². The minimum atomic E-state index is -3.65. The fraction of sp³-hybridized carbons (Fsp3) is 0.455. The van der Waals surface area contributed by atoms with Crippen molar-refractivity contribution in [3.8, 4) is 0 Å². The molecule has 1 aliphatic heterocycles. The van der Waals surface area contributed by atoms with Crippen molar-refractivity contribution >= 4 is 27.5 Å². The van der Waals surface area contributed by atoms with E-state index in [0.29, 0.717) is 10.9 Å². The molecule has 0 aromatic heterocycles. The average Bonchev–Trinajstić information content (AvgIpc) is 2.78. The van der Waals surface area contributed by atoms with Crippen LogP contribution >= 0.6 is 11.8 Å². The molecule has 0 saturated carbocycles. The van der Waals surface area contributed by atoms with Crippen molar-refractivity contribution in [2.45, 2.75) is 23.0 Å². The highest BCUT2D eigenvalue weighted by molar-refractivity contribution is 8.00. The zero-order valence-corrected chi connectivity index (χ0v) is 11.1. The quantitative estimate of drug-likeness (QED) is 0.874. The van der Waals surface area contributed by atoms with Crippen LogP contribution in [0.3, 0.4) is 0 Å². The van der Waals surface area contributed by atoms with E-state index >= 15 is 0 Å². The van der Waals surface area contributed by atoms with E-state index in [4.69, 9.17) is 5.14 Å². The summed E-state index contributed by atoms with van der Waals surface area (Å²) in [5.41, 5.74) is 0.600. The van der Waals surface area contributed by atoms with Crippen molar-refractivity contribution in [2.75, 3.05) is 17.6 Å². The summed E-state index contributed by atoms with van der Waals surface area (Å²) in [6, 6.07) is 6.76. The highest BCUT2D eigenvalue weighted by Crippen LogP contribution is 2.27. The van der Waals surface area contributed by atoms with Gasteiger partial charge in [-0.05, 0) is 30.7 Å². The van der Waals surface area contributed by atoms with Gasteiger partial charge in [0.2, 0.25) is 10.0 Å². The zero-order valence-electron chi connectivity index (χ0n) is 9.43. The fourth-order valence-corrected chi connectivity index (χ4v) is 3.81. The number of anilines is 1. The summed E-state index contributed by atoms with van der Waals surface area (Å²) >= 11 is 1.93. The summed E-state index contributed by atoms with van der Waals surface area (Å²) in [6.07, 6.45) is 2.43. The van der Waals surface area contributed by atoms with Gasteiger partial charge < -0.3 is 5.32 Å². The third-order valence-corrected chi connectivity index (χ3v) is 5.10. The Morgan fingerprint density at radius 3 is 2.82 bits per heavy atom. The second-order valence-corrected chi connectivity index (χ2v) is 7.00. The Bertz CT molecular complexity index is 482. The van der Waals surface area contributed by atoms with E-state index in [2.05, 4.69) is 5.32 Å². The summed E-state index contributed by atoms with van der Waals surface area (Å²) in [7, 11) is -3.65. The molecule has 3 N–H and O–H groups in total. The molecule has 1 atom stereocenters. The molecule has 0 aliphatic carbocycles. The summed E-state index contributed by atoms with van der Waals surface area (Å²) < 4.78 is 22.8. The molecule has 2 rings (SSSR count). The van der Waals surface area contributed by atoms with Crippen LogP contribution in [-0.4, -0.2) is 26.0 Å². The van der Waals surface area contributed by atoms with E-state index < -0.39 is 10.0 Å². The van der Waals surface area contributed by atoms with Crippen molar-refractivity contribution < 1.29 is 8.42 Å². The molecule has 1 aromatic carbocycles. The van der Waals surface area contributed by atoms with Gasteiger partial charge >= 0.3 is 0 Å². The van der Waals surface area contributed by atoms with Crippen molar-refractivity contribution in [1.82, 2.24) is 0 Å². The maximum absolute atomic E-state index is 11.4. The fourth-order valence-electron chi connectivity index (χ4n) is 1.89. The number of rotatable bonds is 4. The predicted octanol–water partition coefficient (Wildman–Crippen LogP) is 1.64. The molecule has 1 fully saturated rings. The van der Waals surface area contributed by atoms with E-state index in [1.165, 1.54) is 24.7 Å². The zero-order chi connectivity index (χ0) is 12.3. The number of hydrogen-bond acceptors (Lipinski definition) is 4. The summed E-state index contributed by atoms with van der Waals surface area (Å²) in [6.45, 7) is 0.789. The smallest absolute Gasteiger partial charge is 0.240 e. The largest absolute Gasteiger partial charge is 0.383 e. The Kier molecular flexibility index (Phi) is 3.96. The second-order valence-electron chi connectivity index (χ2n) is 4.06. The standard InChI is InChI=1S/C11H16N2O2S2/c12-17(14,15)11-6-2-1-5-10(11)13-8-9-4-3-7-16-9/h1-2,5-6,9,13H,3-4,7-8H2,(H2,12,14,15). The molecule has 0 radical (unpaired) electrons. The molecular weight excluding hydrogens is 256 g/mol. The molecule has 6 heteroatoms. The SMILES string of the molecule is NS(=O)(=O)c1ccccc1NCC1CCCS1.